The second-order valence-electron chi connectivity index (χ2n) is 7.12. The van der Waals surface area contributed by atoms with Crippen LogP contribution in [0.4, 0.5) is 16.2 Å². The molecule has 0 saturated carbocycles. The Labute approximate surface area is 187 Å². The van der Waals surface area contributed by atoms with E-state index < -0.39 is 16.1 Å². The maximum absolute atomic E-state index is 13.6. The van der Waals surface area contributed by atoms with Gasteiger partial charge in [-0.1, -0.05) is 49.1 Å². The highest BCUT2D eigenvalue weighted by Gasteiger charge is 2.42. The topological polar surface area (TPSA) is 76.2 Å². The molecule has 0 aromatic heterocycles. The molecule has 1 aliphatic heterocycles. The number of anilines is 2. The highest BCUT2D eigenvalue weighted by Crippen LogP contribution is 2.40. The Kier molecular flexibility index (Phi) is 5.63. The highest BCUT2D eigenvalue weighted by molar-refractivity contribution is 7.94. The van der Waals surface area contributed by atoms with E-state index in [2.05, 4.69) is 6.58 Å². The fourth-order valence-corrected chi connectivity index (χ4v) is 5.14. The molecule has 0 saturated heterocycles. The third kappa shape index (κ3) is 3.69. The predicted molar refractivity (Wildman–Crippen MR) is 124 cm³/mol. The minimum atomic E-state index is -4.15. The Morgan fingerprint density at radius 1 is 0.938 bits per heavy atom. The molecular formula is C24H22N2O5S. The van der Waals surface area contributed by atoms with Gasteiger partial charge < -0.3 is 9.47 Å². The van der Waals surface area contributed by atoms with Gasteiger partial charge in [-0.25, -0.2) is 13.2 Å². The summed E-state index contributed by atoms with van der Waals surface area (Å²) in [4.78, 5) is 15.1. The van der Waals surface area contributed by atoms with Crippen LogP contribution in [-0.2, 0) is 16.6 Å². The molecule has 1 aliphatic rings. The molecule has 164 valence electrons. The Morgan fingerprint density at radius 2 is 1.56 bits per heavy atom. The molecule has 0 atom stereocenters. The molecule has 8 heteroatoms. The number of urea groups is 1. The number of hydrogen-bond acceptors (Lipinski definition) is 5. The molecule has 32 heavy (non-hydrogen) atoms. The summed E-state index contributed by atoms with van der Waals surface area (Å²) in [5, 5.41) is 0. The van der Waals surface area contributed by atoms with Gasteiger partial charge >= 0.3 is 6.03 Å². The van der Waals surface area contributed by atoms with Crippen LogP contribution in [0.25, 0.3) is 6.08 Å². The summed E-state index contributed by atoms with van der Waals surface area (Å²) in [6, 6.07) is 17.9. The summed E-state index contributed by atoms with van der Waals surface area (Å²) in [7, 11) is -1.24. The molecule has 0 spiro atoms. The molecule has 0 fully saturated rings. The standard InChI is InChI=1S/C24H22N2O5S/c1-4-17-9-11-18(12-10-17)16-25-22-7-5-6-8-23(22)32(28,29)26(24(25)27)19-13-20(30-2)15-21(14-19)31-3/h4-15H,1,16H2,2-3H3. The number of carbonyl (C=O) groups excluding carboxylic acids is 1. The molecule has 0 unspecified atom stereocenters. The zero-order valence-electron chi connectivity index (χ0n) is 17.7. The molecule has 3 aromatic carbocycles. The van der Waals surface area contributed by atoms with E-state index in [1.807, 2.05) is 24.3 Å². The number of sulfonamides is 1. The number of nitrogens with zero attached hydrogens (tertiary/aromatic N) is 2. The minimum absolute atomic E-state index is 0.0455. The third-order valence-corrected chi connectivity index (χ3v) is 6.95. The number of fused-ring (bicyclic) bond motifs is 1. The number of methoxy groups -OCH3 is 2. The van der Waals surface area contributed by atoms with Gasteiger partial charge in [0.25, 0.3) is 10.0 Å². The smallest absolute Gasteiger partial charge is 0.343 e. The van der Waals surface area contributed by atoms with Crippen molar-refractivity contribution >= 4 is 33.5 Å². The number of ether oxygens (including phenoxy) is 2. The Hall–Kier alpha value is -3.78. The molecule has 7 nitrogen and oxygen atoms in total. The molecule has 0 radical (unpaired) electrons. The fourth-order valence-electron chi connectivity index (χ4n) is 3.57. The first kappa shape index (κ1) is 21.5. The maximum Gasteiger partial charge on any atom is 0.343 e. The summed E-state index contributed by atoms with van der Waals surface area (Å²) >= 11 is 0. The van der Waals surface area contributed by atoms with E-state index in [1.165, 1.54) is 37.3 Å². The first-order valence-corrected chi connectivity index (χ1v) is 11.2. The molecule has 2 amide bonds. The van der Waals surface area contributed by atoms with Crippen molar-refractivity contribution in [2.24, 2.45) is 0 Å². The summed E-state index contributed by atoms with van der Waals surface area (Å²) in [6.07, 6.45) is 1.73. The second kappa shape index (κ2) is 8.39. The van der Waals surface area contributed by atoms with Crippen LogP contribution in [0.1, 0.15) is 11.1 Å². The molecular weight excluding hydrogens is 428 g/mol. The Morgan fingerprint density at radius 3 is 2.16 bits per heavy atom. The minimum Gasteiger partial charge on any atom is -0.497 e. The van der Waals surface area contributed by atoms with Crippen LogP contribution in [0.5, 0.6) is 11.5 Å². The number of para-hydroxylation sites is 1. The van der Waals surface area contributed by atoms with Gasteiger partial charge in [-0.2, -0.15) is 4.31 Å². The zero-order valence-corrected chi connectivity index (χ0v) is 18.5. The van der Waals surface area contributed by atoms with Gasteiger partial charge in [-0.15, -0.1) is 0 Å². The van der Waals surface area contributed by atoms with Gasteiger partial charge in [0.15, 0.2) is 0 Å². The van der Waals surface area contributed by atoms with Crippen LogP contribution in [0, 0.1) is 0 Å². The second-order valence-corrected chi connectivity index (χ2v) is 8.88. The van der Waals surface area contributed by atoms with E-state index >= 15 is 0 Å². The van der Waals surface area contributed by atoms with E-state index in [4.69, 9.17) is 9.47 Å². The van der Waals surface area contributed by atoms with Gasteiger partial charge in [0, 0.05) is 18.2 Å². The van der Waals surface area contributed by atoms with Crippen molar-refractivity contribution in [2.45, 2.75) is 11.4 Å². The number of amides is 2. The monoisotopic (exact) mass is 450 g/mol. The van der Waals surface area contributed by atoms with Crippen molar-refractivity contribution in [1.82, 2.24) is 0 Å². The lowest BCUT2D eigenvalue weighted by atomic mass is 10.1. The average molecular weight is 451 g/mol. The zero-order chi connectivity index (χ0) is 22.9. The van der Waals surface area contributed by atoms with Gasteiger partial charge in [0.2, 0.25) is 0 Å². The van der Waals surface area contributed by atoms with E-state index in [1.54, 1.807) is 30.3 Å². The summed E-state index contributed by atoms with van der Waals surface area (Å²) < 4.78 is 38.3. The van der Waals surface area contributed by atoms with Gasteiger partial charge in [-0.05, 0) is 23.3 Å². The van der Waals surface area contributed by atoms with Gasteiger partial charge in [0.05, 0.1) is 32.1 Å². The summed E-state index contributed by atoms with van der Waals surface area (Å²) in [6.45, 7) is 3.94. The van der Waals surface area contributed by atoms with Crippen LogP contribution >= 0.6 is 0 Å². The lowest BCUT2D eigenvalue weighted by molar-refractivity contribution is 0.253. The van der Waals surface area contributed by atoms with Crippen molar-refractivity contribution in [2.75, 3.05) is 23.4 Å². The maximum atomic E-state index is 13.6. The van der Waals surface area contributed by atoms with E-state index in [0.29, 0.717) is 17.2 Å². The van der Waals surface area contributed by atoms with Crippen molar-refractivity contribution < 1.29 is 22.7 Å². The van der Waals surface area contributed by atoms with Crippen molar-refractivity contribution in [3.05, 3.63) is 84.4 Å². The molecule has 0 aliphatic carbocycles. The average Bonchev–Trinajstić information content (AvgIpc) is 2.81. The number of hydrogen-bond donors (Lipinski definition) is 0. The first-order valence-electron chi connectivity index (χ1n) is 9.79. The summed E-state index contributed by atoms with van der Waals surface area (Å²) in [5.74, 6) is 0.737. The number of carbonyl (C=O) groups is 1. The van der Waals surface area contributed by atoms with Gasteiger partial charge in [-0.3, -0.25) is 4.90 Å². The predicted octanol–water partition coefficient (Wildman–Crippen LogP) is 4.68. The molecule has 0 bridgehead atoms. The van der Waals surface area contributed by atoms with Crippen molar-refractivity contribution in [3.8, 4) is 11.5 Å². The van der Waals surface area contributed by atoms with Crippen LogP contribution in [-0.4, -0.2) is 28.7 Å². The number of rotatable bonds is 6. The third-order valence-electron chi connectivity index (χ3n) is 5.21. The first-order chi connectivity index (χ1) is 15.4. The van der Waals surface area contributed by atoms with Crippen molar-refractivity contribution in [3.63, 3.8) is 0 Å². The van der Waals surface area contributed by atoms with E-state index in [9.17, 15) is 13.2 Å². The highest BCUT2D eigenvalue weighted by atomic mass is 32.2. The van der Waals surface area contributed by atoms with Crippen LogP contribution < -0.4 is 18.7 Å². The Balaban J connectivity index is 1.85. The van der Waals surface area contributed by atoms with Crippen LogP contribution in [0.15, 0.2) is 78.2 Å². The molecule has 3 aromatic rings. The Bertz CT molecular complexity index is 1260. The van der Waals surface area contributed by atoms with Crippen LogP contribution in [0.2, 0.25) is 0 Å². The fraction of sp³-hybridized carbons (Fsp3) is 0.125. The largest absolute Gasteiger partial charge is 0.497 e. The van der Waals surface area contributed by atoms with E-state index in [-0.39, 0.29) is 17.1 Å². The molecule has 0 N–H and O–H groups in total. The van der Waals surface area contributed by atoms with Gasteiger partial charge in [0.1, 0.15) is 16.4 Å². The quantitative estimate of drug-likeness (QED) is 0.545. The normalized spacial score (nSPS) is 14.6. The van der Waals surface area contributed by atoms with Crippen LogP contribution in [0.3, 0.4) is 0 Å². The molecule has 4 rings (SSSR count). The van der Waals surface area contributed by atoms with E-state index in [0.717, 1.165) is 15.4 Å². The molecule has 1 heterocycles. The SMILES string of the molecule is C=Cc1ccc(CN2C(=O)N(c3cc(OC)cc(OC)c3)S(=O)(=O)c3ccccc32)cc1. The lowest BCUT2D eigenvalue weighted by Crippen LogP contribution is -2.50. The number of benzene rings is 3. The lowest BCUT2D eigenvalue weighted by Gasteiger charge is -2.36. The van der Waals surface area contributed by atoms with Crippen molar-refractivity contribution in [1.29, 1.82) is 0 Å². The summed E-state index contributed by atoms with van der Waals surface area (Å²) in [5.41, 5.74) is 2.26.